The van der Waals surface area contributed by atoms with Gasteiger partial charge >= 0.3 is 0 Å². The first kappa shape index (κ1) is 26.4. The van der Waals surface area contributed by atoms with E-state index in [0.29, 0.717) is 48.0 Å². The molecule has 1 N–H and O–H groups in total. The molecular formula is C25H40N2O4S. The molecule has 7 heteroatoms. The molecule has 0 saturated carbocycles. The average molecular weight is 465 g/mol. The van der Waals surface area contributed by atoms with Gasteiger partial charge in [-0.05, 0) is 49.8 Å². The molecule has 2 heterocycles. The smallest absolute Gasteiger partial charge is 0.287 e. The maximum absolute atomic E-state index is 13.0. The monoisotopic (exact) mass is 464 g/mol. The number of nitrogens with one attached hydrogen (secondary N) is 1. The van der Waals surface area contributed by atoms with E-state index >= 15 is 0 Å². The SMILES string of the molecule is CCC(C)CNC(=O)c1oc2ccc(S(=O)(=O)N3CCC(C)CC3)cc2c1C.CCCC. The second-order valence-electron chi connectivity index (χ2n) is 9.02. The molecule has 6 nitrogen and oxygen atoms in total. The number of nitrogens with zero attached hydrogens (tertiary/aromatic N) is 1. The van der Waals surface area contributed by atoms with Crippen LogP contribution in [0.3, 0.4) is 0 Å². The van der Waals surface area contributed by atoms with Gasteiger partial charge in [0.25, 0.3) is 5.91 Å². The minimum Gasteiger partial charge on any atom is -0.451 e. The number of furan rings is 1. The molecule has 1 amide bonds. The molecule has 3 rings (SSSR count). The van der Waals surface area contributed by atoms with Crippen LogP contribution in [0.5, 0.6) is 0 Å². The number of sulfonamides is 1. The molecular weight excluding hydrogens is 424 g/mol. The van der Waals surface area contributed by atoms with Gasteiger partial charge in [-0.3, -0.25) is 4.79 Å². The molecule has 0 radical (unpaired) electrons. The molecule has 32 heavy (non-hydrogen) atoms. The highest BCUT2D eigenvalue weighted by molar-refractivity contribution is 7.89. The van der Waals surface area contributed by atoms with Crippen molar-refractivity contribution in [3.05, 3.63) is 29.5 Å². The lowest BCUT2D eigenvalue weighted by molar-refractivity contribution is 0.0921. The molecule has 0 aliphatic carbocycles. The summed E-state index contributed by atoms with van der Waals surface area (Å²) in [7, 11) is -3.54. The molecule has 2 aromatic rings. The highest BCUT2D eigenvalue weighted by Gasteiger charge is 2.29. The average Bonchev–Trinajstić information content (AvgIpc) is 3.13. The van der Waals surface area contributed by atoms with Crippen molar-refractivity contribution in [1.82, 2.24) is 9.62 Å². The Kier molecular flexibility index (Phi) is 9.77. The third kappa shape index (κ3) is 6.35. The van der Waals surface area contributed by atoms with Gasteiger partial charge in [0.15, 0.2) is 5.76 Å². The second-order valence-corrected chi connectivity index (χ2v) is 11.0. The third-order valence-corrected chi connectivity index (χ3v) is 8.20. The van der Waals surface area contributed by atoms with Crippen LogP contribution in [0.1, 0.15) is 82.8 Å². The van der Waals surface area contributed by atoms with E-state index in [1.165, 1.54) is 12.8 Å². The summed E-state index contributed by atoms with van der Waals surface area (Å²) >= 11 is 0. The van der Waals surface area contributed by atoms with E-state index < -0.39 is 10.0 Å². The van der Waals surface area contributed by atoms with E-state index in [1.54, 1.807) is 29.4 Å². The van der Waals surface area contributed by atoms with Crippen LogP contribution in [0, 0.1) is 18.8 Å². The molecule has 1 saturated heterocycles. The number of carbonyl (C=O) groups excluding carboxylic acids is 1. The molecule has 1 atom stereocenters. The van der Waals surface area contributed by atoms with Gasteiger partial charge in [-0.25, -0.2) is 8.42 Å². The zero-order chi connectivity index (χ0) is 23.9. The Labute approximate surface area is 193 Å². The summed E-state index contributed by atoms with van der Waals surface area (Å²) in [6.45, 7) is 14.1. The van der Waals surface area contributed by atoms with Crippen molar-refractivity contribution in [3.63, 3.8) is 0 Å². The summed E-state index contributed by atoms with van der Waals surface area (Å²) in [6, 6.07) is 4.85. The number of fused-ring (bicyclic) bond motifs is 1. The summed E-state index contributed by atoms with van der Waals surface area (Å²) in [5.41, 5.74) is 1.19. The van der Waals surface area contributed by atoms with Crippen LogP contribution in [0.25, 0.3) is 11.0 Å². The Bertz CT molecular complexity index is 987. The standard InChI is InChI=1S/C21H30N2O4S.C4H10/c1-5-14(2)13-22-21(24)20-16(4)18-12-17(6-7-19(18)27-20)28(25,26)23-10-8-15(3)9-11-23;1-3-4-2/h6-7,12,14-15H,5,8-11,13H2,1-4H3,(H,22,24);3-4H2,1-2H3. The van der Waals surface area contributed by atoms with Crippen LogP contribution >= 0.6 is 0 Å². The van der Waals surface area contributed by atoms with Crippen molar-refractivity contribution in [2.24, 2.45) is 11.8 Å². The fraction of sp³-hybridized carbons (Fsp3) is 0.640. The number of rotatable bonds is 7. The molecule has 0 spiro atoms. The first-order valence-electron chi connectivity index (χ1n) is 12.0. The van der Waals surface area contributed by atoms with Crippen LogP contribution in [0.15, 0.2) is 27.5 Å². The zero-order valence-corrected chi connectivity index (χ0v) is 21.3. The van der Waals surface area contributed by atoms with Crippen LogP contribution in [-0.4, -0.2) is 38.3 Å². The van der Waals surface area contributed by atoms with Crippen LogP contribution in [0.4, 0.5) is 0 Å². The lowest BCUT2D eigenvalue weighted by Gasteiger charge is -2.29. The number of aryl methyl sites for hydroxylation is 1. The van der Waals surface area contributed by atoms with Crippen molar-refractivity contribution in [1.29, 1.82) is 0 Å². The number of hydrogen-bond donors (Lipinski definition) is 1. The molecule has 1 aliphatic heterocycles. The summed E-state index contributed by atoms with van der Waals surface area (Å²) in [6.07, 6.45) is 5.38. The highest BCUT2D eigenvalue weighted by Crippen LogP contribution is 2.30. The first-order chi connectivity index (χ1) is 15.1. The topological polar surface area (TPSA) is 79.6 Å². The van der Waals surface area contributed by atoms with E-state index in [0.717, 1.165) is 19.3 Å². The maximum Gasteiger partial charge on any atom is 0.287 e. The summed E-state index contributed by atoms with van der Waals surface area (Å²) in [4.78, 5) is 12.7. The number of benzene rings is 1. The van der Waals surface area contributed by atoms with Gasteiger partial charge in [0.1, 0.15) is 5.58 Å². The predicted octanol–water partition coefficient (Wildman–Crippen LogP) is 5.74. The fourth-order valence-electron chi connectivity index (χ4n) is 3.44. The second kappa shape index (κ2) is 11.8. The van der Waals surface area contributed by atoms with Crippen molar-refractivity contribution < 1.29 is 17.6 Å². The summed E-state index contributed by atoms with van der Waals surface area (Å²) < 4.78 is 33.3. The Morgan fingerprint density at radius 3 is 2.38 bits per heavy atom. The number of carbonyl (C=O) groups is 1. The zero-order valence-electron chi connectivity index (χ0n) is 20.5. The minimum atomic E-state index is -3.54. The molecule has 1 unspecified atom stereocenters. The van der Waals surface area contributed by atoms with E-state index in [4.69, 9.17) is 4.42 Å². The lowest BCUT2D eigenvalue weighted by atomic mass is 10.0. The fourth-order valence-corrected chi connectivity index (χ4v) is 4.94. The van der Waals surface area contributed by atoms with Gasteiger partial charge in [-0.1, -0.05) is 53.9 Å². The van der Waals surface area contributed by atoms with Gasteiger partial charge in [0.05, 0.1) is 4.90 Å². The minimum absolute atomic E-state index is 0.250. The van der Waals surface area contributed by atoms with Crippen molar-refractivity contribution in [3.8, 4) is 0 Å². The Morgan fingerprint density at radius 2 is 1.81 bits per heavy atom. The molecule has 180 valence electrons. The Hall–Kier alpha value is -1.86. The van der Waals surface area contributed by atoms with Gasteiger partial charge in [-0.2, -0.15) is 4.31 Å². The predicted molar refractivity (Wildman–Crippen MR) is 130 cm³/mol. The van der Waals surface area contributed by atoms with Gasteiger partial charge in [-0.15, -0.1) is 0 Å². The van der Waals surface area contributed by atoms with Crippen molar-refractivity contribution >= 4 is 26.9 Å². The Morgan fingerprint density at radius 1 is 1.19 bits per heavy atom. The van der Waals surface area contributed by atoms with Crippen molar-refractivity contribution in [2.45, 2.75) is 78.5 Å². The van der Waals surface area contributed by atoms with E-state index in [2.05, 4.69) is 39.9 Å². The van der Waals surface area contributed by atoms with Gasteiger partial charge < -0.3 is 9.73 Å². The molecule has 1 fully saturated rings. The molecule has 0 bridgehead atoms. The van der Waals surface area contributed by atoms with Gasteiger partial charge in [0, 0.05) is 30.6 Å². The third-order valence-electron chi connectivity index (χ3n) is 6.30. The number of amides is 1. The highest BCUT2D eigenvalue weighted by atomic mass is 32.2. The van der Waals surface area contributed by atoms with Crippen LogP contribution in [-0.2, 0) is 10.0 Å². The first-order valence-corrected chi connectivity index (χ1v) is 13.4. The summed E-state index contributed by atoms with van der Waals surface area (Å²) in [5.74, 6) is 0.933. The quantitative estimate of drug-likeness (QED) is 0.566. The lowest BCUT2D eigenvalue weighted by Crippen LogP contribution is -2.37. The molecule has 1 aliphatic rings. The van der Waals surface area contributed by atoms with E-state index in [-0.39, 0.29) is 16.6 Å². The molecule has 1 aromatic heterocycles. The summed E-state index contributed by atoms with van der Waals surface area (Å²) in [5, 5.41) is 3.56. The number of piperidine rings is 1. The molecule has 1 aromatic carbocycles. The maximum atomic E-state index is 13.0. The van der Waals surface area contributed by atoms with E-state index in [1.807, 2.05) is 0 Å². The van der Waals surface area contributed by atoms with Crippen LogP contribution < -0.4 is 5.32 Å². The van der Waals surface area contributed by atoms with Crippen molar-refractivity contribution in [2.75, 3.05) is 19.6 Å². The van der Waals surface area contributed by atoms with Gasteiger partial charge in [0.2, 0.25) is 10.0 Å². The Balaban J connectivity index is 0.000000837. The normalized spacial score (nSPS) is 16.4. The number of hydrogen-bond acceptors (Lipinski definition) is 4. The van der Waals surface area contributed by atoms with E-state index in [9.17, 15) is 13.2 Å². The number of unbranched alkanes of at least 4 members (excludes halogenated alkanes) is 1. The van der Waals surface area contributed by atoms with Crippen LogP contribution in [0.2, 0.25) is 0 Å². The largest absolute Gasteiger partial charge is 0.451 e.